The Morgan fingerprint density at radius 3 is 2.61 bits per heavy atom. The van der Waals surface area contributed by atoms with E-state index in [1.165, 1.54) is 18.3 Å². The fourth-order valence-corrected chi connectivity index (χ4v) is 1.80. The van der Waals surface area contributed by atoms with Gasteiger partial charge in [0.15, 0.2) is 6.29 Å². The largest absolute Gasteiger partial charge is 0.417 e. The van der Waals surface area contributed by atoms with Crippen LogP contribution in [0.4, 0.5) is 13.2 Å². The Labute approximate surface area is 108 Å². The summed E-state index contributed by atoms with van der Waals surface area (Å²) in [6, 6.07) is 3.62. The molecule has 94 valence electrons. The number of hydrogen-bond acceptors (Lipinski definition) is 3. The number of hydrogen-bond donors (Lipinski definition) is 0. The standard InChI is InChI=1S/C10H5BrF3N3O/c11-9-2-1-7(3-8(9)10(12,13)14)17-4-6(5-18)15-16-17/h1-5H. The molecule has 1 aromatic carbocycles. The molecule has 0 unspecified atom stereocenters. The van der Waals surface area contributed by atoms with E-state index in [9.17, 15) is 18.0 Å². The van der Waals surface area contributed by atoms with Crippen molar-refractivity contribution in [3.63, 3.8) is 0 Å². The van der Waals surface area contributed by atoms with Gasteiger partial charge < -0.3 is 0 Å². The lowest BCUT2D eigenvalue weighted by atomic mass is 10.2. The Bertz CT molecular complexity index is 594. The van der Waals surface area contributed by atoms with Crippen LogP contribution in [0.15, 0.2) is 28.9 Å². The number of carbonyl (C=O) groups is 1. The smallest absolute Gasteiger partial charge is 0.296 e. The molecule has 1 aromatic heterocycles. The van der Waals surface area contributed by atoms with E-state index < -0.39 is 11.7 Å². The third-order valence-electron chi connectivity index (χ3n) is 2.15. The molecule has 0 saturated heterocycles. The molecule has 8 heteroatoms. The predicted molar refractivity (Wildman–Crippen MR) is 59.4 cm³/mol. The van der Waals surface area contributed by atoms with Crippen LogP contribution < -0.4 is 0 Å². The van der Waals surface area contributed by atoms with Crippen LogP contribution in [0, 0.1) is 0 Å². The average Bonchev–Trinajstić information content (AvgIpc) is 2.76. The SMILES string of the molecule is O=Cc1cn(-c2ccc(Br)c(C(F)(F)F)c2)nn1. The minimum Gasteiger partial charge on any atom is -0.296 e. The zero-order chi connectivity index (χ0) is 13.3. The molecule has 0 aliphatic heterocycles. The Balaban J connectivity index is 2.50. The molecule has 0 aliphatic carbocycles. The molecule has 18 heavy (non-hydrogen) atoms. The number of alkyl halides is 3. The van der Waals surface area contributed by atoms with Gasteiger partial charge in [0.05, 0.1) is 17.4 Å². The minimum absolute atomic E-state index is 0.0477. The summed E-state index contributed by atoms with van der Waals surface area (Å²) in [5.41, 5.74) is -0.597. The molecular weight excluding hydrogens is 315 g/mol. The zero-order valence-electron chi connectivity index (χ0n) is 8.65. The van der Waals surface area contributed by atoms with Gasteiger partial charge in [0.1, 0.15) is 5.69 Å². The van der Waals surface area contributed by atoms with Crippen molar-refractivity contribution in [2.75, 3.05) is 0 Å². The van der Waals surface area contributed by atoms with Gasteiger partial charge >= 0.3 is 6.18 Å². The maximum atomic E-state index is 12.7. The molecule has 2 rings (SSSR count). The summed E-state index contributed by atoms with van der Waals surface area (Å²) in [6.07, 6.45) is -2.76. The first-order chi connectivity index (χ1) is 8.41. The molecule has 0 saturated carbocycles. The van der Waals surface area contributed by atoms with Crippen LogP contribution >= 0.6 is 15.9 Å². The maximum Gasteiger partial charge on any atom is 0.417 e. The second-order valence-corrected chi connectivity index (χ2v) is 4.22. The van der Waals surface area contributed by atoms with Crippen molar-refractivity contribution in [1.29, 1.82) is 0 Å². The molecule has 0 aliphatic rings. The summed E-state index contributed by atoms with van der Waals surface area (Å²) in [5.74, 6) is 0. The lowest BCUT2D eigenvalue weighted by molar-refractivity contribution is -0.138. The van der Waals surface area contributed by atoms with Crippen LogP contribution in [0.25, 0.3) is 5.69 Å². The first kappa shape index (κ1) is 12.7. The lowest BCUT2D eigenvalue weighted by Crippen LogP contribution is -2.07. The highest BCUT2D eigenvalue weighted by Crippen LogP contribution is 2.35. The van der Waals surface area contributed by atoms with Crippen molar-refractivity contribution in [2.45, 2.75) is 6.18 Å². The van der Waals surface area contributed by atoms with Crippen LogP contribution in [-0.2, 0) is 6.18 Å². The molecule has 0 spiro atoms. The summed E-state index contributed by atoms with van der Waals surface area (Å²) in [4.78, 5) is 10.4. The number of aldehydes is 1. The number of rotatable bonds is 2. The Hall–Kier alpha value is -1.70. The lowest BCUT2D eigenvalue weighted by Gasteiger charge is -2.10. The van der Waals surface area contributed by atoms with E-state index in [4.69, 9.17) is 0 Å². The molecule has 0 N–H and O–H groups in total. The first-order valence-corrected chi connectivity index (χ1v) is 5.46. The van der Waals surface area contributed by atoms with Crippen molar-refractivity contribution in [2.24, 2.45) is 0 Å². The van der Waals surface area contributed by atoms with Gasteiger partial charge in [0, 0.05) is 4.47 Å². The monoisotopic (exact) mass is 319 g/mol. The molecule has 0 fully saturated rings. The van der Waals surface area contributed by atoms with E-state index in [-0.39, 0.29) is 15.9 Å². The molecule has 2 aromatic rings. The fraction of sp³-hybridized carbons (Fsp3) is 0.100. The zero-order valence-corrected chi connectivity index (χ0v) is 10.2. The van der Waals surface area contributed by atoms with Crippen molar-refractivity contribution in [1.82, 2.24) is 15.0 Å². The summed E-state index contributed by atoms with van der Waals surface area (Å²) in [5, 5.41) is 7.04. The average molecular weight is 320 g/mol. The van der Waals surface area contributed by atoms with Crippen molar-refractivity contribution in [3.05, 3.63) is 40.1 Å². The third kappa shape index (κ3) is 2.42. The Morgan fingerprint density at radius 1 is 1.33 bits per heavy atom. The van der Waals surface area contributed by atoms with Gasteiger partial charge in [-0.3, -0.25) is 4.79 Å². The topological polar surface area (TPSA) is 47.8 Å². The quantitative estimate of drug-likeness (QED) is 0.800. The van der Waals surface area contributed by atoms with Gasteiger partial charge in [-0.2, -0.15) is 13.2 Å². The van der Waals surface area contributed by atoms with Crippen LogP contribution in [0.3, 0.4) is 0 Å². The molecule has 0 amide bonds. The van der Waals surface area contributed by atoms with E-state index in [2.05, 4.69) is 26.2 Å². The first-order valence-electron chi connectivity index (χ1n) is 4.66. The van der Waals surface area contributed by atoms with Gasteiger partial charge in [-0.15, -0.1) is 5.10 Å². The normalized spacial score (nSPS) is 11.6. The highest BCUT2D eigenvalue weighted by atomic mass is 79.9. The molecule has 1 heterocycles. The van der Waals surface area contributed by atoms with Gasteiger partial charge in [-0.1, -0.05) is 21.1 Å². The maximum absolute atomic E-state index is 12.7. The van der Waals surface area contributed by atoms with E-state index in [0.717, 1.165) is 10.7 Å². The van der Waals surface area contributed by atoms with Gasteiger partial charge in [-0.25, -0.2) is 4.68 Å². The van der Waals surface area contributed by atoms with E-state index in [1.807, 2.05) is 0 Å². The van der Waals surface area contributed by atoms with Crippen molar-refractivity contribution >= 4 is 22.2 Å². The number of benzene rings is 1. The molecular formula is C10H5BrF3N3O. The second kappa shape index (κ2) is 4.52. The molecule has 0 bridgehead atoms. The number of halogens is 4. The molecule has 0 radical (unpaired) electrons. The third-order valence-corrected chi connectivity index (χ3v) is 2.84. The van der Waals surface area contributed by atoms with Crippen LogP contribution in [0.5, 0.6) is 0 Å². The highest BCUT2D eigenvalue weighted by Gasteiger charge is 2.33. The van der Waals surface area contributed by atoms with Gasteiger partial charge in [0.25, 0.3) is 0 Å². The summed E-state index contributed by atoms with van der Waals surface area (Å²) < 4.78 is 39.1. The number of aromatic nitrogens is 3. The molecule has 4 nitrogen and oxygen atoms in total. The van der Waals surface area contributed by atoms with Gasteiger partial charge in [-0.05, 0) is 18.2 Å². The number of nitrogens with zero attached hydrogens (tertiary/aromatic N) is 3. The van der Waals surface area contributed by atoms with E-state index in [1.54, 1.807) is 0 Å². The van der Waals surface area contributed by atoms with Crippen LogP contribution in [0.2, 0.25) is 0 Å². The Kier molecular flexibility index (Phi) is 3.20. The van der Waals surface area contributed by atoms with Crippen LogP contribution in [-0.4, -0.2) is 21.3 Å². The summed E-state index contributed by atoms with van der Waals surface area (Å²) >= 11 is 2.84. The Morgan fingerprint density at radius 2 is 2.06 bits per heavy atom. The summed E-state index contributed by atoms with van der Waals surface area (Å²) in [6.45, 7) is 0. The van der Waals surface area contributed by atoms with Crippen molar-refractivity contribution < 1.29 is 18.0 Å². The van der Waals surface area contributed by atoms with Crippen LogP contribution in [0.1, 0.15) is 16.1 Å². The predicted octanol–water partition coefficient (Wildman–Crippen LogP) is 2.86. The summed E-state index contributed by atoms with van der Waals surface area (Å²) in [7, 11) is 0. The van der Waals surface area contributed by atoms with Gasteiger partial charge in [0.2, 0.25) is 0 Å². The van der Waals surface area contributed by atoms with E-state index in [0.29, 0.717) is 6.29 Å². The highest BCUT2D eigenvalue weighted by molar-refractivity contribution is 9.10. The number of carbonyl (C=O) groups excluding carboxylic acids is 1. The minimum atomic E-state index is -4.47. The van der Waals surface area contributed by atoms with Crippen molar-refractivity contribution in [3.8, 4) is 5.69 Å². The molecule has 0 atom stereocenters. The fourth-order valence-electron chi connectivity index (χ4n) is 1.33. The van der Waals surface area contributed by atoms with E-state index >= 15 is 0 Å². The second-order valence-electron chi connectivity index (χ2n) is 3.37.